The van der Waals surface area contributed by atoms with Gasteiger partial charge in [0.05, 0.1) is 6.04 Å². The zero-order chi connectivity index (χ0) is 9.68. The second-order valence-corrected chi connectivity index (χ2v) is 3.27. The lowest BCUT2D eigenvalue weighted by atomic mass is 9.99. The van der Waals surface area contributed by atoms with E-state index in [-0.39, 0.29) is 12.1 Å². The Morgan fingerprint density at radius 2 is 2.38 bits per heavy atom. The summed E-state index contributed by atoms with van der Waals surface area (Å²) in [6.45, 7) is 2.80. The number of piperidine rings is 1. The molecule has 4 heteroatoms. The summed E-state index contributed by atoms with van der Waals surface area (Å²) in [4.78, 5) is 5.05. The molecule has 1 heterocycles. The Morgan fingerprint density at radius 3 is 3.00 bits per heavy atom. The molecule has 1 saturated heterocycles. The lowest BCUT2D eigenvalue weighted by molar-refractivity contribution is 0.211. The van der Waals surface area contributed by atoms with E-state index in [0.29, 0.717) is 0 Å². The molecule has 13 heavy (non-hydrogen) atoms. The molecule has 1 aliphatic heterocycles. The van der Waals surface area contributed by atoms with Crippen molar-refractivity contribution < 1.29 is 0 Å². The zero-order valence-corrected chi connectivity index (χ0v) is 8.06. The molecule has 0 aromatic rings. The third-order valence-electron chi connectivity index (χ3n) is 2.37. The van der Waals surface area contributed by atoms with Crippen LogP contribution in [0.15, 0.2) is 5.11 Å². The number of rotatable bonds is 1. The predicted octanol–water partition coefficient (Wildman–Crippen LogP) is 1.78. The highest BCUT2D eigenvalue weighted by molar-refractivity contribution is 5.08. The van der Waals surface area contributed by atoms with Gasteiger partial charge >= 0.3 is 0 Å². The molecule has 0 N–H and O–H groups in total. The molecule has 2 unspecified atom stereocenters. The van der Waals surface area contributed by atoms with E-state index in [9.17, 15) is 0 Å². The van der Waals surface area contributed by atoms with Crippen molar-refractivity contribution in [2.45, 2.75) is 31.8 Å². The van der Waals surface area contributed by atoms with Crippen LogP contribution >= 0.6 is 0 Å². The minimum absolute atomic E-state index is 0.132. The summed E-state index contributed by atoms with van der Waals surface area (Å²) in [5.41, 5.74) is 8.31. The highest BCUT2D eigenvalue weighted by Crippen LogP contribution is 2.18. The SMILES string of the molecule is CC#CC1CC(N=[N+]=[N-])CCN1C. The van der Waals surface area contributed by atoms with E-state index in [1.54, 1.807) is 0 Å². The topological polar surface area (TPSA) is 52.0 Å². The van der Waals surface area contributed by atoms with E-state index < -0.39 is 0 Å². The lowest BCUT2D eigenvalue weighted by Crippen LogP contribution is -2.40. The monoisotopic (exact) mass is 178 g/mol. The largest absolute Gasteiger partial charge is 0.293 e. The molecule has 0 bridgehead atoms. The Kier molecular flexibility index (Phi) is 3.63. The molecule has 0 spiro atoms. The molecule has 0 radical (unpaired) electrons. The molecule has 0 amide bonds. The third-order valence-corrected chi connectivity index (χ3v) is 2.37. The summed E-state index contributed by atoms with van der Waals surface area (Å²) < 4.78 is 0. The fourth-order valence-electron chi connectivity index (χ4n) is 1.58. The molecular formula is C9H14N4. The van der Waals surface area contributed by atoms with Crippen LogP contribution in [0.3, 0.4) is 0 Å². The van der Waals surface area contributed by atoms with Crippen LogP contribution in [0.1, 0.15) is 19.8 Å². The summed E-state index contributed by atoms with van der Waals surface area (Å²) in [6, 6.07) is 0.390. The van der Waals surface area contributed by atoms with Gasteiger partial charge in [0.2, 0.25) is 0 Å². The molecule has 70 valence electrons. The van der Waals surface area contributed by atoms with Crippen LogP contribution in [-0.2, 0) is 0 Å². The highest BCUT2D eigenvalue weighted by Gasteiger charge is 2.23. The molecule has 1 aliphatic rings. The Bertz CT molecular complexity index is 269. The molecule has 4 nitrogen and oxygen atoms in total. The fraction of sp³-hybridized carbons (Fsp3) is 0.778. The van der Waals surface area contributed by atoms with Crippen molar-refractivity contribution in [2.24, 2.45) is 5.11 Å². The minimum atomic E-state index is 0.132. The number of azide groups is 1. The quantitative estimate of drug-likeness (QED) is 0.261. The van der Waals surface area contributed by atoms with Crippen molar-refractivity contribution in [2.75, 3.05) is 13.6 Å². The second kappa shape index (κ2) is 4.76. The maximum absolute atomic E-state index is 8.31. The van der Waals surface area contributed by atoms with Crippen molar-refractivity contribution in [3.63, 3.8) is 0 Å². The van der Waals surface area contributed by atoms with Gasteiger partial charge in [0.1, 0.15) is 0 Å². The van der Waals surface area contributed by atoms with Gasteiger partial charge in [-0.2, -0.15) is 0 Å². The van der Waals surface area contributed by atoms with Gasteiger partial charge in [-0.25, -0.2) is 0 Å². The van der Waals surface area contributed by atoms with Gasteiger partial charge in [-0.05, 0) is 38.9 Å². The minimum Gasteiger partial charge on any atom is -0.293 e. The standard InChI is InChI=1S/C9H14N4/c1-3-4-9-7-8(11-12-10)5-6-13(9)2/h8-9H,5-7H2,1-2H3. The van der Waals surface area contributed by atoms with Crippen LogP contribution in [0.5, 0.6) is 0 Å². The first-order chi connectivity index (χ1) is 6.27. The van der Waals surface area contributed by atoms with Gasteiger partial charge in [0.25, 0.3) is 0 Å². The summed E-state index contributed by atoms with van der Waals surface area (Å²) in [5.74, 6) is 6.02. The second-order valence-electron chi connectivity index (χ2n) is 3.27. The maximum atomic E-state index is 8.31. The summed E-state index contributed by atoms with van der Waals surface area (Å²) >= 11 is 0. The number of nitrogens with zero attached hydrogens (tertiary/aromatic N) is 4. The van der Waals surface area contributed by atoms with E-state index >= 15 is 0 Å². The lowest BCUT2D eigenvalue weighted by Gasteiger charge is -2.32. The summed E-state index contributed by atoms with van der Waals surface area (Å²) in [5, 5.41) is 3.74. The summed E-state index contributed by atoms with van der Waals surface area (Å²) in [6.07, 6.45) is 1.81. The van der Waals surface area contributed by atoms with E-state index in [4.69, 9.17) is 5.53 Å². The van der Waals surface area contributed by atoms with E-state index in [1.807, 2.05) is 6.92 Å². The smallest absolute Gasteiger partial charge is 0.0715 e. The van der Waals surface area contributed by atoms with Crippen LogP contribution in [0.25, 0.3) is 10.4 Å². The fourth-order valence-corrected chi connectivity index (χ4v) is 1.58. The Morgan fingerprint density at radius 1 is 1.62 bits per heavy atom. The Balaban J connectivity index is 2.60. The average molecular weight is 178 g/mol. The van der Waals surface area contributed by atoms with Gasteiger partial charge < -0.3 is 0 Å². The molecular weight excluding hydrogens is 164 g/mol. The van der Waals surface area contributed by atoms with Gasteiger partial charge in [-0.1, -0.05) is 11.0 Å². The molecule has 2 atom stereocenters. The first-order valence-electron chi connectivity index (χ1n) is 4.44. The van der Waals surface area contributed by atoms with Crippen molar-refractivity contribution in [3.8, 4) is 11.8 Å². The number of hydrogen-bond donors (Lipinski definition) is 0. The van der Waals surface area contributed by atoms with Crippen molar-refractivity contribution in [1.29, 1.82) is 0 Å². The molecule has 0 saturated carbocycles. The summed E-state index contributed by atoms with van der Waals surface area (Å²) in [7, 11) is 2.06. The predicted molar refractivity (Wildman–Crippen MR) is 52.0 cm³/mol. The van der Waals surface area contributed by atoms with Crippen LogP contribution in [-0.4, -0.2) is 30.6 Å². The van der Waals surface area contributed by atoms with Crippen molar-refractivity contribution in [1.82, 2.24) is 4.90 Å². The van der Waals surface area contributed by atoms with Crippen molar-refractivity contribution >= 4 is 0 Å². The Labute approximate surface area is 78.5 Å². The average Bonchev–Trinajstić information content (AvgIpc) is 2.12. The van der Waals surface area contributed by atoms with Crippen LogP contribution in [0.4, 0.5) is 0 Å². The number of likely N-dealkylation sites (tertiary alicyclic amines) is 1. The van der Waals surface area contributed by atoms with E-state index in [1.165, 1.54) is 0 Å². The molecule has 1 rings (SSSR count). The van der Waals surface area contributed by atoms with E-state index in [2.05, 4.69) is 33.8 Å². The molecule has 0 aromatic carbocycles. The van der Waals surface area contributed by atoms with Gasteiger partial charge in [0.15, 0.2) is 0 Å². The molecule has 1 fully saturated rings. The van der Waals surface area contributed by atoms with Crippen LogP contribution in [0.2, 0.25) is 0 Å². The molecule has 0 aliphatic carbocycles. The first kappa shape index (κ1) is 9.91. The van der Waals surface area contributed by atoms with Crippen LogP contribution < -0.4 is 0 Å². The Hall–Kier alpha value is -1.17. The van der Waals surface area contributed by atoms with Crippen molar-refractivity contribution in [3.05, 3.63) is 10.4 Å². The highest BCUT2D eigenvalue weighted by atomic mass is 15.2. The molecule has 0 aromatic heterocycles. The zero-order valence-electron chi connectivity index (χ0n) is 8.06. The third kappa shape index (κ3) is 2.66. The van der Waals surface area contributed by atoms with Gasteiger partial charge in [-0.15, -0.1) is 5.92 Å². The first-order valence-corrected chi connectivity index (χ1v) is 4.44. The van der Waals surface area contributed by atoms with Gasteiger partial charge in [-0.3, -0.25) is 4.90 Å². The van der Waals surface area contributed by atoms with E-state index in [0.717, 1.165) is 19.4 Å². The maximum Gasteiger partial charge on any atom is 0.0715 e. The normalized spacial score (nSPS) is 28.5. The number of hydrogen-bond acceptors (Lipinski definition) is 2. The van der Waals surface area contributed by atoms with Crippen LogP contribution in [0, 0.1) is 11.8 Å². The van der Waals surface area contributed by atoms with Gasteiger partial charge in [0, 0.05) is 11.0 Å².